The van der Waals surface area contributed by atoms with Crippen molar-refractivity contribution in [1.29, 1.82) is 0 Å². The van der Waals surface area contributed by atoms with E-state index < -0.39 is 0 Å². The minimum atomic E-state index is 0.124. The quantitative estimate of drug-likeness (QED) is 0.692. The highest BCUT2D eigenvalue weighted by Crippen LogP contribution is 2.10. The number of hydrogen-bond acceptors (Lipinski definition) is 4. The van der Waals surface area contributed by atoms with Gasteiger partial charge in [-0.05, 0) is 0 Å². The molecule has 78 valence electrons. The molecule has 0 spiro atoms. The fourth-order valence-electron chi connectivity index (χ4n) is 1.66. The summed E-state index contributed by atoms with van der Waals surface area (Å²) in [7, 11) is 0. The smallest absolute Gasteiger partial charge is 0.0644 e. The van der Waals surface area contributed by atoms with Crippen LogP contribution in [0.2, 0.25) is 0 Å². The van der Waals surface area contributed by atoms with Gasteiger partial charge in [-0.25, -0.2) is 0 Å². The summed E-state index contributed by atoms with van der Waals surface area (Å²) in [5.41, 5.74) is 1.14. The predicted octanol–water partition coefficient (Wildman–Crippen LogP) is -0.397. The molecule has 2 N–H and O–H groups in total. The zero-order chi connectivity index (χ0) is 9.80. The highest BCUT2D eigenvalue weighted by molar-refractivity contribution is 5.02. The number of rotatable bonds is 3. The first-order chi connectivity index (χ1) is 6.90. The lowest BCUT2D eigenvalue weighted by Crippen LogP contribution is -2.46. The third-order valence-electron chi connectivity index (χ3n) is 2.50. The van der Waals surface area contributed by atoms with E-state index in [-0.39, 0.29) is 12.6 Å². The van der Waals surface area contributed by atoms with Crippen molar-refractivity contribution in [2.75, 3.05) is 26.4 Å². The van der Waals surface area contributed by atoms with E-state index in [1.54, 1.807) is 0 Å². The molecule has 1 unspecified atom stereocenters. The number of ether oxygens (including phenoxy) is 1. The Balaban J connectivity index is 1.94. The Morgan fingerprint density at radius 1 is 1.71 bits per heavy atom. The molecule has 0 saturated carbocycles. The molecule has 5 heteroatoms. The highest BCUT2D eigenvalue weighted by Gasteiger charge is 2.22. The summed E-state index contributed by atoms with van der Waals surface area (Å²) in [5.74, 6) is 0. The van der Waals surface area contributed by atoms with Gasteiger partial charge >= 0.3 is 0 Å². The molecule has 1 aliphatic rings. The van der Waals surface area contributed by atoms with Crippen LogP contribution in [0.25, 0.3) is 0 Å². The van der Waals surface area contributed by atoms with E-state index in [1.807, 2.05) is 12.4 Å². The van der Waals surface area contributed by atoms with Gasteiger partial charge in [0.05, 0.1) is 32.1 Å². The lowest BCUT2D eigenvalue weighted by molar-refractivity contribution is -0.0312. The van der Waals surface area contributed by atoms with Crippen molar-refractivity contribution in [3.05, 3.63) is 18.0 Å². The lowest BCUT2D eigenvalue weighted by atomic mass is 10.2. The average Bonchev–Trinajstić information content (AvgIpc) is 2.71. The van der Waals surface area contributed by atoms with Crippen LogP contribution < -0.4 is 0 Å². The summed E-state index contributed by atoms with van der Waals surface area (Å²) in [5, 5.41) is 15.8. The number of aliphatic hydroxyl groups excluding tert-OH is 1. The van der Waals surface area contributed by atoms with E-state index in [0.29, 0.717) is 6.61 Å². The van der Waals surface area contributed by atoms with Crippen LogP contribution in [0.4, 0.5) is 0 Å². The summed E-state index contributed by atoms with van der Waals surface area (Å²) in [6.45, 7) is 3.21. The van der Waals surface area contributed by atoms with Crippen LogP contribution >= 0.6 is 0 Å². The Labute approximate surface area is 82.7 Å². The molecule has 5 nitrogen and oxygen atoms in total. The molecular weight excluding hydrogens is 182 g/mol. The standard InChI is InChI=1S/C9H15N3O2/c13-6-9-7-14-2-1-12(9)5-8-3-10-11-4-8/h3-4,9,13H,1-2,5-7H2,(H,10,11). The van der Waals surface area contributed by atoms with Crippen molar-refractivity contribution in [2.45, 2.75) is 12.6 Å². The molecule has 2 heterocycles. The van der Waals surface area contributed by atoms with Crippen molar-refractivity contribution in [1.82, 2.24) is 15.1 Å². The number of H-pyrrole nitrogens is 1. The van der Waals surface area contributed by atoms with E-state index >= 15 is 0 Å². The van der Waals surface area contributed by atoms with Gasteiger partial charge in [0, 0.05) is 24.8 Å². The monoisotopic (exact) mass is 197 g/mol. The van der Waals surface area contributed by atoms with Gasteiger partial charge in [-0.3, -0.25) is 10.00 Å². The molecule has 0 bridgehead atoms. The Kier molecular flexibility index (Phi) is 3.13. The molecule has 1 fully saturated rings. The SMILES string of the molecule is OCC1COCCN1Cc1cn[nH]c1. The first kappa shape index (κ1) is 9.64. The molecule has 0 amide bonds. The van der Waals surface area contributed by atoms with Crippen LogP contribution in [-0.2, 0) is 11.3 Å². The molecule has 1 aromatic heterocycles. The van der Waals surface area contributed by atoms with Crippen LogP contribution in [0.3, 0.4) is 0 Å². The van der Waals surface area contributed by atoms with Gasteiger partial charge in [-0.1, -0.05) is 0 Å². The fraction of sp³-hybridized carbons (Fsp3) is 0.667. The molecular formula is C9H15N3O2. The minimum absolute atomic E-state index is 0.124. The molecule has 0 aliphatic carbocycles. The average molecular weight is 197 g/mol. The van der Waals surface area contributed by atoms with Gasteiger partial charge in [0.2, 0.25) is 0 Å². The van der Waals surface area contributed by atoms with Crippen LogP contribution in [0, 0.1) is 0 Å². The number of aromatic nitrogens is 2. The van der Waals surface area contributed by atoms with Crippen LogP contribution in [0.15, 0.2) is 12.4 Å². The lowest BCUT2D eigenvalue weighted by Gasteiger charge is -2.33. The zero-order valence-corrected chi connectivity index (χ0v) is 8.02. The maximum atomic E-state index is 9.14. The summed E-state index contributed by atoms with van der Waals surface area (Å²) in [6.07, 6.45) is 3.69. The Morgan fingerprint density at radius 3 is 3.36 bits per heavy atom. The Bertz CT molecular complexity index is 263. The molecule has 1 aliphatic heterocycles. The molecule has 1 atom stereocenters. The molecule has 1 saturated heterocycles. The Hall–Kier alpha value is -0.910. The van der Waals surface area contributed by atoms with Gasteiger partial charge in [0.1, 0.15) is 0 Å². The van der Waals surface area contributed by atoms with Gasteiger partial charge in [-0.2, -0.15) is 5.10 Å². The molecule has 1 aromatic rings. The maximum Gasteiger partial charge on any atom is 0.0644 e. The summed E-state index contributed by atoms with van der Waals surface area (Å²) in [6, 6.07) is 0.124. The van der Waals surface area contributed by atoms with E-state index in [9.17, 15) is 0 Å². The summed E-state index contributed by atoms with van der Waals surface area (Å²) < 4.78 is 5.30. The van der Waals surface area contributed by atoms with Crippen molar-refractivity contribution < 1.29 is 9.84 Å². The number of hydrogen-bond donors (Lipinski definition) is 2. The second-order valence-electron chi connectivity index (χ2n) is 3.49. The fourth-order valence-corrected chi connectivity index (χ4v) is 1.66. The van der Waals surface area contributed by atoms with Crippen LogP contribution in [-0.4, -0.2) is 52.6 Å². The number of morpholine rings is 1. The van der Waals surface area contributed by atoms with Gasteiger partial charge in [0.15, 0.2) is 0 Å². The number of nitrogens with zero attached hydrogens (tertiary/aromatic N) is 2. The number of aliphatic hydroxyl groups is 1. The van der Waals surface area contributed by atoms with E-state index in [0.717, 1.165) is 25.3 Å². The topological polar surface area (TPSA) is 61.4 Å². The summed E-state index contributed by atoms with van der Waals surface area (Å²) >= 11 is 0. The van der Waals surface area contributed by atoms with Crippen molar-refractivity contribution >= 4 is 0 Å². The van der Waals surface area contributed by atoms with Crippen LogP contribution in [0.5, 0.6) is 0 Å². The normalized spacial score (nSPS) is 23.9. The summed E-state index contributed by atoms with van der Waals surface area (Å²) in [4.78, 5) is 2.22. The highest BCUT2D eigenvalue weighted by atomic mass is 16.5. The van der Waals surface area contributed by atoms with Crippen LogP contribution in [0.1, 0.15) is 5.56 Å². The minimum Gasteiger partial charge on any atom is -0.395 e. The Morgan fingerprint density at radius 2 is 2.64 bits per heavy atom. The molecule has 14 heavy (non-hydrogen) atoms. The third kappa shape index (κ3) is 2.12. The second kappa shape index (κ2) is 4.54. The van der Waals surface area contributed by atoms with Gasteiger partial charge in [-0.15, -0.1) is 0 Å². The molecule has 2 rings (SSSR count). The second-order valence-corrected chi connectivity index (χ2v) is 3.49. The molecule has 0 aromatic carbocycles. The molecule has 0 radical (unpaired) electrons. The zero-order valence-electron chi connectivity index (χ0n) is 8.02. The van der Waals surface area contributed by atoms with Crippen molar-refractivity contribution in [3.63, 3.8) is 0 Å². The van der Waals surface area contributed by atoms with E-state index in [4.69, 9.17) is 9.84 Å². The van der Waals surface area contributed by atoms with E-state index in [1.165, 1.54) is 0 Å². The predicted molar refractivity (Wildman–Crippen MR) is 50.7 cm³/mol. The third-order valence-corrected chi connectivity index (χ3v) is 2.50. The van der Waals surface area contributed by atoms with Gasteiger partial charge in [0.25, 0.3) is 0 Å². The first-order valence-corrected chi connectivity index (χ1v) is 4.80. The largest absolute Gasteiger partial charge is 0.395 e. The maximum absolute atomic E-state index is 9.14. The van der Waals surface area contributed by atoms with E-state index in [2.05, 4.69) is 15.1 Å². The van der Waals surface area contributed by atoms with Crippen molar-refractivity contribution in [3.8, 4) is 0 Å². The number of nitrogens with one attached hydrogen (secondary N) is 1. The number of aromatic amines is 1. The van der Waals surface area contributed by atoms with Crippen molar-refractivity contribution in [2.24, 2.45) is 0 Å². The first-order valence-electron chi connectivity index (χ1n) is 4.80. The van der Waals surface area contributed by atoms with Gasteiger partial charge < -0.3 is 9.84 Å².